The molecule has 1 aromatic heterocycles. The van der Waals surface area contributed by atoms with Gasteiger partial charge in [-0.25, -0.2) is 14.6 Å². The zero-order chi connectivity index (χ0) is 15.2. The average Bonchev–Trinajstić information content (AvgIpc) is 2.46. The second-order valence-corrected chi connectivity index (χ2v) is 4.04. The number of halogens is 1. The lowest BCUT2D eigenvalue weighted by atomic mass is 10.2. The third kappa shape index (κ3) is 4.00. The second kappa shape index (κ2) is 6.47. The minimum absolute atomic E-state index is 0.0165. The van der Waals surface area contributed by atoms with Gasteiger partial charge in [0.15, 0.2) is 0 Å². The van der Waals surface area contributed by atoms with Crippen molar-refractivity contribution in [3.8, 4) is 0 Å². The van der Waals surface area contributed by atoms with Crippen molar-refractivity contribution in [2.24, 2.45) is 0 Å². The Bertz CT molecular complexity index is 661. The number of hydrogen-bond acceptors (Lipinski definition) is 4. The van der Waals surface area contributed by atoms with E-state index in [0.717, 1.165) is 17.8 Å². The zero-order valence-corrected chi connectivity index (χ0v) is 10.7. The highest BCUT2D eigenvalue weighted by molar-refractivity contribution is 5.98. The van der Waals surface area contributed by atoms with Crippen molar-refractivity contribution in [3.63, 3.8) is 0 Å². The third-order valence-electron chi connectivity index (χ3n) is 2.55. The van der Waals surface area contributed by atoms with Gasteiger partial charge in [0.05, 0.1) is 5.69 Å². The van der Waals surface area contributed by atoms with E-state index in [4.69, 9.17) is 9.84 Å². The van der Waals surface area contributed by atoms with Crippen LogP contribution in [0.3, 0.4) is 0 Å². The van der Waals surface area contributed by atoms with Gasteiger partial charge < -0.3 is 9.84 Å². The summed E-state index contributed by atoms with van der Waals surface area (Å²) >= 11 is 0. The van der Waals surface area contributed by atoms with Crippen LogP contribution in [0.4, 0.5) is 14.9 Å². The molecular formula is C14H11FN2O4. The predicted octanol–water partition coefficient (Wildman–Crippen LogP) is 2.67. The van der Waals surface area contributed by atoms with Gasteiger partial charge in [0.2, 0.25) is 5.95 Å². The maximum Gasteiger partial charge on any atom is 0.411 e. The van der Waals surface area contributed by atoms with E-state index in [1.165, 1.54) is 0 Å². The lowest BCUT2D eigenvalue weighted by molar-refractivity contribution is 0.0697. The number of carboxylic acid groups (broad SMARTS) is 1. The normalized spacial score (nSPS) is 9.95. The van der Waals surface area contributed by atoms with E-state index in [9.17, 15) is 14.0 Å². The average molecular weight is 290 g/mol. The van der Waals surface area contributed by atoms with Gasteiger partial charge in [0.1, 0.15) is 12.2 Å². The molecule has 0 fully saturated rings. The Balaban J connectivity index is 2.02. The first-order chi connectivity index (χ1) is 10.1. The fraction of sp³-hybridized carbons (Fsp3) is 0.0714. The molecule has 0 saturated heterocycles. The number of amides is 1. The van der Waals surface area contributed by atoms with Crippen LogP contribution in [0.25, 0.3) is 0 Å². The van der Waals surface area contributed by atoms with Gasteiger partial charge in [-0.15, -0.1) is 0 Å². The van der Waals surface area contributed by atoms with Crippen LogP contribution in [-0.4, -0.2) is 22.2 Å². The fourth-order valence-corrected chi connectivity index (χ4v) is 1.57. The summed E-state index contributed by atoms with van der Waals surface area (Å²) in [6, 6.07) is 9.74. The molecule has 21 heavy (non-hydrogen) atoms. The molecule has 2 aromatic rings. The van der Waals surface area contributed by atoms with Crippen LogP contribution in [0.5, 0.6) is 0 Å². The number of hydrogen-bond donors (Lipinski definition) is 2. The predicted molar refractivity (Wildman–Crippen MR) is 71.4 cm³/mol. The Morgan fingerprint density at radius 3 is 2.67 bits per heavy atom. The highest BCUT2D eigenvalue weighted by Gasteiger charge is 2.15. The first-order valence-electron chi connectivity index (χ1n) is 5.93. The van der Waals surface area contributed by atoms with Gasteiger partial charge in [-0.1, -0.05) is 30.3 Å². The first kappa shape index (κ1) is 14.4. The number of rotatable bonds is 4. The number of carbonyl (C=O) groups excluding carboxylic acids is 1. The van der Waals surface area contributed by atoms with E-state index in [0.29, 0.717) is 0 Å². The quantitative estimate of drug-likeness (QED) is 0.845. The van der Waals surface area contributed by atoms with E-state index >= 15 is 0 Å². The Morgan fingerprint density at radius 1 is 1.29 bits per heavy atom. The molecular weight excluding hydrogens is 279 g/mol. The highest BCUT2D eigenvalue weighted by atomic mass is 19.1. The summed E-state index contributed by atoms with van der Waals surface area (Å²) in [5.74, 6) is -2.24. The van der Waals surface area contributed by atoms with E-state index in [1.54, 1.807) is 24.3 Å². The number of carbonyl (C=O) groups is 2. The van der Waals surface area contributed by atoms with E-state index < -0.39 is 18.0 Å². The van der Waals surface area contributed by atoms with Crippen LogP contribution >= 0.6 is 0 Å². The van der Waals surface area contributed by atoms with Crippen LogP contribution in [-0.2, 0) is 11.3 Å². The van der Waals surface area contributed by atoms with Crippen molar-refractivity contribution in [2.45, 2.75) is 6.61 Å². The Morgan fingerprint density at radius 2 is 2.00 bits per heavy atom. The molecule has 2 rings (SSSR count). The summed E-state index contributed by atoms with van der Waals surface area (Å²) in [7, 11) is 0. The largest absolute Gasteiger partial charge is 0.478 e. The van der Waals surface area contributed by atoms with E-state index in [1.807, 2.05) is 6.07 Å². The Labute approximate surface area is 119 Å². The van der Waals surface area contributed by atoms with E-state index in [2.05, 4.69) is 10.3 Å². The van der Waals surface area contributed by atoms with Crippen molar-refractivity contribution in [1.82, 2.24) is 4.98 Å². The molecule has 0 radical (unpaired) electrons. The molecule has 0 saturated carbocycles. The molecule has 108 valence electrons. The number of aromatic nitrogens is 1. The Kier molecular flexibility index (Phi) is 4.45. The van der Waals surface area contributed by atoms with Crippen molar-refractivity contribution >= 4 is 17.7 Å². The molecule has 7 heteroatoms. The molecule has 1 aromatic carbocycles. The van der Waals surface area contributed by atoms with E-state index in [-0.39, 0.29) is 17.9 Å². The summed E-state index contributed by atoms with van der Waals surface area (Å²) < 4.78 is 17.9. The summed E-state index contributed by atoms with van der Waals surface area (Å²) in [6.45, 7) is 0.0165. The van der Waals surface area contributed by atoms with Crippen molar-refractivity contribution < 1.29 is 23.8 Å². The highest BCUT2D eigenvalue weighted by Crippen LogP contribution is 2.16. The summed E-state index contributed by atoms with van der Waals surface area (Å²) in [5.41, 5.74) is 0.230. The van der Waals surface area contributed by atoms with Gasteiger partial charge in [0, 0.05) is 12.3 Å². The SMILES string of the molecule is O=C(Nc1cc(F)ncc1C(=O)O)OCc1ccccc1. The second-order valence-electron chi connectivity index (χ2n) is 4.04. The summed E-state index contributed by atoms with van der Waals surface area (Å²) in [5, 5.41) is 11.1. The topological polar surface area (TPSA) is 88.5 Å². The molecule has 0 spiro atoms. The number of pyridine rings is 1. The minimum Gasteiger partial charge on any atom is -0.478 e. The molecule has 0 bridgehead atoms. The van der Waals surface area contributed by atoms with Crippen LogP contribution in [0.2, 0.25) is 0 Å². The van der Waals surface area contributed by atoms with Gasteiger partial charge in [-0.2, -0.15) is 4.39 Å². The molecule has 1 amide bonds. The smallest absolute Gasteiger partial charge is 0.411 e. The van der Waals surface area contributed by atoms with Gasteiger partial charge in [-0.05, 0) is 5.56 Å². The number of anilines is 1. The number of benzene rings is 1. The van der Waals surface area contributed by atoms with Crippen molar-refractivity contribution in [1.29, 1.82) is 0 Å². The van der Waals surface area contributed by atoms with Gasteiger partial charge in [-0.3, -0.25) is 5.32 Å². The number of ether oxygens (including phenoxy) is 1. The first-order valence-corrected chi connectivity index (χ1v) is 5.93. The molecule has 0 aliphatic carbocycles. The lowest BCUT2D eigenvalue weighted by Gasteiger charge is -2.09. The molecule has 0 unspecified atom stereocenters. The number of nitrogens with zero attached hydrogens (tertiary/aromatic N) is 1. The van der Waals surface area contributed by atoms with Crippen molar-refractivity contribution in [3.05, 3.63) is 59.7 Å². The molecule has 0 aliphatic heterocycles. The van der Waals surface area contributed by atoms with Crippen LogP contribution in [0, 0.1) is 5.95 Å². The molecule has 2 N–H and O–H groups in total. The number of aromatic carboxylic acids is 1. The minimum atomic E-state index is -1.33. The zero-order valence-electron chi connectivity index (χ0n) is 10.7. The molecule has 1 heterocycles. The van der Waals surface area contributed by atoms with Crippen LogP contribution in [0.1, 0.15) is 15.9 Å². The monoisotopic (exact) mass is 290 g/mol. The summed E-state index contributed by atoms with van der Waals surface area (Å²) in [4.78, 5) is 25.8. The fourth-order valence-electron chi connectivity index (χ4n) is 1.57. The van der Waals surface area contributed by atoms with Gasteiger partial charge in [0.25, 0.3) is 0 Å². The number of nitrogens with one attached hydrogen (secondary N) is 1. The lowest BCUT2D eigenvalue weighted by Crippen LogP contribution is -2.16. The van der Waals surface area contributed by atoms with Crippen LogP contribution < -0.4 is 5.32 Å². The number of carboxylic acids is 1. The molecule has 6 nitrogen and oxygen atoms in total. The maximum atomic E-state index is 13.0. The molecule has 0 atom stereocenters. The summed E-state index contributed by atoms with van der Waals surface area (Å²) in [6.07, 6.45) is -0.0586. The van der Waals surface area contributed by atoms with Crippen LogP contribution in [0.15, 0.2) is 42.6 Å². The maximum absolute atomic E-state index is 13.0. The molecule has 0 aliphatic rings. The third-order valence-corrected chi connectivity index (χ3v) is 2.55. The Hall–Kier alpha value is -2.96. The standard InChI is InChI=1S/C14H11FN2O4/c15-12-6-11(10(7-16-12)13(18)19)17-14(20)21-8-9-4-2-1-3-5-9/h1-7H,8H2,(H,18,19)(H,16,17,20). The van der Waals surface area contributed by atoms with Gasteiger partial charge >= 0.3 is 12.1 Å². The van der Waals surface area contributed by atoms with Crippen molar-refractivity contribution in [2.75, 3.05) is 5.32 Å².